The Bertz CT molecular complexity index is 1170. The molecule has 0 spiro atoms. The van der Waals surface area contributed by atoms with Gasteiger partial charge in [-0.1, -0.05) is 64.1 Å². The standard InChI is InChI=1S/C27H28O5/c1-15(2)18-7-11-21(26(31)23(29)13-18)25(17-5-9-20(28)10-6-17)22-12-8-19(16(3)4)14-24(30)27(22)32/h5-16,25,28H,1-4H3,(H,29,31)(H,30,32). The molecular weight excluding hydrogens is 404 g/mol. The zero-order valence-corrected chi connectivity index (χ0v) is 18.7. The number of benzene rings is 1. The maximum absolute atomic E-state index is 12.7. The summed E-state index contributed by atoms with van der Waals surface area (Å²) in [7, 11) is 0. The van der Waals surface area contributed by atoms with E-state index in [0.717, 1.165) is 11.1 Å². The van der Waals surface area contributed by atoms with E-state index in [0.29, 0.717) is 5.56 Å². The van der Waals surface area contributed by atoms with Gasteiger partial charge in [0, 0.05) is 17.0 Å². The highest BCUT2D eigenvalue weighted by atomic mass is 16.3. The summed E-state index contributed by atoms with van der Waals surface area (Å²) < 4.78 is 0. The van der Waals surface area contributed by atoms with Crippen LogP contribution >= 0.6 is 0 Å². The molecular formula is C27H28O5. The zero-order valence-electron chi connectivity index (χ0n) is 18.7. The van der Waals surface area contributed by atoms with Crippen molar-refractivity contribution in [2.45, 2.75) is 45.4 Å². The molecule has 3 N–H and O–H groups in total. The lowest BCUT2D eigenvalue weighted by atomic mass is 9.85. The molecule has 0 amide bonds. The van der Waals surface area contributed by atoms with Crippen LogP contribution in [0.4, 0.5) is 0 Å². The highest BCUT2D eigenvalue weighted by Gasteiger charge is 2.25. The first kappa shape index (κ1) is 23.1. The van der Waals surface area contributed by atoms with Gasteiger partial charge in [-0.15, -0.1) is 0 Å². The van der Waals surface area contributed by atoms with Crippen LogP contribution in [0, 0.1) is 0 Å². The molecule has 5 heteroatoms. The molecule has 3 aromatic rings. The number of aromatic hydroxyl groups is 3. The molecule has 0 fully saturated rings. The fraction of sp³-hybridized carbons (Fsp3) is 0.259. The van der Waals surface area contributed by atoms with Crippen LogP contribution in [0.3, 0.4) is 0 Å². The molecule has 3 rings (SSSR count). The second-order valence-corrected chi connectivity index (χ2v) is 8.63. The van der Waals surface area contributed by atoms with E-state index in [1.807, 2.05) is 27.7 Å². The molecule has 0 saturated heterocycles. The van der Waals surface area contributed by atoms with Gasteiger partial charge in [-0.2, -0.15) is 0 Å². The van der Waals surface area contributed by atoms with E-state index in [-0.39, 0.29) is 28.7 Å². The van der Waals surface area contributed by atoms with Crippen molar-refractivity contribution in [3.05, 3.63) is 109 Å². The number of hydrogen-bond donors (Lipinski definition) is 3. The molecule has 0 unspecified atom stereocenters. The average molecular weight is 433 g/mol. The molecule has 0 aliphatic heterocycles. The summed E-state index contributed by atoms with van der Waals surface area (Å²) >= 11 is 0. The van der Waals surface area contributed by atoms with Crippen LogP contribution in [0.5, 0.6) is 17.2 Å². The monoisotopic (exact) mass is 432 g/mol. The molecule has 0 radical (unpaired) electrons. The fourth-order valence-corrected chi connectivity index (χ4v) is 3.73. The highest BCUT2D eigenvalue weighted by Crippen LogP contribution is 2.39. The van der Waals surface area contributed by atoms with Gasteiger partial charge in [0.25, 0.3) is 0 Å². The maximum Gasteiger partial charge on any atom is 0.220 e. The van der Waals surface area contributed by atoms with E-state index in [2.05, 4.69) is 0 Å². The molecule has 0 heterocycles. The Balaban J connectivity index is 2.40. The lowest BCUT2D eigenvalue weighted by Crippen LogP contribution is -2.09. The van der Waals surface area contributed by atoms with Crippen LogP contribution in [-0.4, -0.2) is 15.3 Å². The minimum Gasteiger partial charge on any atom is -0.508 e. The summed E-state index contributed by atoms with van der Waals surface area (Å²) in [6.45, 7) is 7.79. The largest absolute Gasteiger partial charge is 0.508 e. The summed E-state index contributed by atoms with van der Waals surface area (Å²) in [4.78, 5) is 25.5. The summed E-state index contributed by atoms with van der Waals surface area (Å²) in [5.74, 6) is -1.51. The third-order valence-corrected chi connectivity index (χ3v) is 5.70. The topological polar surface area (TPSA) is 94.8 Å². The van der Waals surface area contributed by atoms with Crippen molar-refractivity contribution in [1.82, 2.24) is 0 Å². The Morgan fingerprint density at radius 1 is 0.562 bits per heavy atom. The fourth-order valence-electron chi connectivity index (χ4n) is 3.73. The van der Waals surface area contributed by atoms with E-state index in [9.17, 15) is 24.9 Å². The lowest BCUT2D eigenvalue weighted by molar-refractivity contribution is 0.454. The maximum atomic E-state index is 12.7. The minimum atomic E-state index is -0.809. The SMILES string of the molecule is CC(C)c1ccc(C(c2ccc(O)cc2)c2ccc(C(C)C)cc(=O)c2O)c(O)c(=O)c1. The summed E-state index contributed by atoms with van der Waals surface area (Å²) in [6.07, 6.45) is 0. The van der Waals surface area contributed by atoms with Crippen LogP contribution in [0.25, 0.3) is 0 Å². The van der Waals surface area contributed by atoms with Crippen molar-refractivity contribution in [1.29, 1.82) is 0 Å². The predicted octanol–water partition coefficient (Wildman–Crippen LogP) is 4.95. The first-order valence-electron chi connectivity index (χ1n) is 10.6. The second kappa shape index (κ2) is 9.27. The van der Waals surface area contributed by atoms with Crippen molar-refractivity contribution < 1.29 is 15.3 Å². The second-order valence-electron chi connectivity index (χ2n) is 8.63. The zero-order chi connectivity index (χ0) is 23.6. The van der Waals surface area contributed by atoms with Gasteiger partial charge in [-0.3, -0.25) is 9.59 Å². The molecule has 32 heavy (non-hydrogen) atoms. The first-order valence-corrected chi connectivity index (χ1v) is 10.6. The summed E-state index contributed by atoms with van der Waals surface area (Å²) in [5, 5.41) is 31.5. The Kier molecular flexibility index (Phi) is 6.68. The van der Waals surface area contributed by atoms with Gasteiger partial charge in [-0.25, -0.2) is 0 Å². The Labute approximate surface area is 187 Å². The number of hydrogen-bond acceptors (Lipinski definition) is 5. The van der Waals surface area contributed by atoms with Crippen molar-refractivity contribution in [2.75, 3.05) is 0 Å². The van der Waals surface area contributed by atoms with Gasteiger partial charge in [0.15, 0.2) is 11.5 Å². The van der Waals surface area contributed by atoms with Crippen LogP contribution in [-0.2, 0) is 0 Å². The predicted molar refractivity (Wildman–Crippen MR) is 126 cm³/mol. The van der Waals surface area contributed by atoms with E-state index in [4.69, 9.17) is 0 Å². The first-order chi connectivity index (χ1) is 15.1. The molecule has 0 saturated carbocycles. The van der Waals surface area contributed by atoms with E-state index < -0.39 is 28.3 Å². The molecule has 166 valence electrons. The lowest BCUT2D eigenvalue weighted by Gasteiger charge is -2.19. The smallest absolute Gasteiger partial charge is 0.220 e. The number of phenols is 1. The van der Waals surface area contributed by atoms with E-state index in [1.165, 1.54) is 24.3 Å². The number of rotatable bonds is 5. The van der Waals surface area contributed by atoms with E-state index in [1.54, 1.807) is 36.4 Å². The van der Waals surface area contributed by atoms with Crippen LogP contribution in [0.2, 0.25) is 0 Å². The van der Waals surface area contributed by atoms with E-state index >= 15 is 0 Å². The number of phenolic OH excluding ortho intramolecular Hbond substituents is 1. The van der Waals surface area contributed by atoms with Gasteiger partial charge in [0.2, 0.25) is 10.9 Å². The summed E-state index contributed by atoms with van der Waals surface area (Å²) in [5.41, 5.74) is 1.57. The van der Waals surface area contributed by atoms with Gasteiger partial charge in [0.1, 0.15) is 5.75 Å². The molecule has 0 bridgehead atoms. The van der Waals surface area contributed by atoms with Gasteiger partial charge in [0.05, 0.1) is 0 Å². The van der Waals surface area contributed by atoms with Crippen molar-refractivity contribution >= 4 is 0 Å². The van der Waals surface area contributed by atoms with Crippen LogP contribution in [0.1, 0.15) is 73.3 Å². The van der Waals surface area contributed by atoms with Gasteiger partial charge >= 0.3 is 0 Å². The van der Waals surface area contributed by atoms with Crippen molar-refractivity contribution in [2.24, 2.45) is 0 Å². The van der Waals surface area contributed by atoms with Crippen LogP contribution in [0.15, 0.2) is 70.3 Å². The molecule has 0 aromatic heterocycles. The Morgan fingerprint density at radius 2 is 0.938 bits per heavy atom. The van der Waals surface area contributed by atoms with Crippen LogP contribution < -0.4 is 10.9 Å². The van der Waals surface area contributed by atoms with Gasteiger partial charge < -0.3 is 15.3 Å². The molecule has 0 atom stereocenters. The molecule has 5 nitrogen and oxygen atoms in total. The van der Waals surface area contributed by atoms with Crippen molar-refractivity contribution in [3.8, 4) is 17.2 Å². The third kappa shape index (κ3) is 4.67. The quantitative estimate of drug-likeness (QED) is 0.530. The molecule has 0 aliphatic carbocycles. The normalized spacial score (nSPS) is 11.3. The van der Waals surface area contributed by atoms with Gasteiger partial charge in [-0.05, 0) is 52.8 Å². The third-order valence-electron chi connectivity index (χ3n) is 5.70. The summed E-state index contributed by atoms with van der Waals surface area (Å²) in [6, 6.07) is 15.9. The average Bonchev–Trinajstić information content (AvgIpc) is 2.98. The van der Waals surface area contributed by atoms with Crippen molar-refractivity contribution in [3.63, 3.8) is 0 Å². The Hall–Kier alpha value is -3.60. The Morgan fingerprint density at radius 3 is 1.31 bits per heavy atom. The highest BCUT2D eigenvalue weighted by molar-refractivity contribution is 5.53. The molecule has 0 aliphatic rings. The molecule has 3 aromatic carbocycles. The minimum absolute atomic E-state index is 0.0522.